The molecular weight excluding hydrogens is 282 g/mol. The van der Waals surface area contributed by atoms with E-state index in [1.54, 1.807) is 13.8 Å². The van der Waals surface area contributed by atoms with Crippen LogP contribution in [-0.2, 0) is 21.3 Å². The molecule has 0 bridgehead atoms. The number of aromatic nitrogens is 1. The number of hydrogen-bond acceptors (Lipinski definition) is 5. The quantitative estimate of drug-likeness (QED) is 0.668. The second kappa shape index (κ2) is 6.31. The highest BCUT2D eigenvalue weighted by Crippen LogP contribution is 2.38. The SMILES string of the molecule is CCOC(=O)C1=C(C)OC(N)=C(C#N)C1c1ccc[n+](C)c1. The van der Waals surface area contributed by atoms with Crippen LogP contribution < -0.4 is 10.3 Å². The van der Waals surface area contributed by atoms with E-state index in [-0.39, 0.29) is 18.1 Å². The molecule has 1 aliphatic heterocycles. The summed E-state index contributed by atoms with van der Waals surface area (Å²) in [7, 11) is 1.86. The summed E-state index contributed by atoms with van der Waals surface area (Å²) in [4.78, 5) is 12.3. The standard InChI is InChI=1S/C16H18N3O3/c1-4-21-16(20)13-10(2)22-15(18)12(8-17)14(13)11-6-5-7-19(3)9-11/h5-7,9,14H,4,18H2,1-3H3/q+1. The fraction of sp³-hybridized carbons (Fsp3) is 0.312. The number of pyridine rings is 1. The smallest absolute Gasteiger partial charge is 0.338 e. The molecule has 6 nitrogen and oxygen atoms in total. The van der Waals surface area contributed by atoms with Gasteiger partial charge in [-0.25, -0.2) is 9.36 Å². The predicted molar refractivity (Wildman–Crippen MR) is 77.6 cm³/mol. The Morgan fingerprint density at radius 3 is 2.91 bits per heavy atom. The molecule has 1 unspecified atom stereocenters. The van der Waals surface area contributed by atoms with Gasteiger partial charge in [0.2, 0.25) is 5.88 Å². The molecule has 0 aliphatic carbocycles. The van der Waals surface area contributed by atoms with E-state index in [1.807, 2.05) is 42.2 Å². The van der Waals surface area contributed by atoms with Crippen molar-refractivity contribution in [2.24, 2.45) is 12.8 Å². The number of nitrogens with zero attached hydrogens (tertiary/aromatic N) is 2. The highest BCUT2D eigenvalue weighted by Gasteiger charge is 2.37. The van der Waals surface area contributed by atoms with Crippen molar-refractivity contribution in [3.8, 4) is 6.07 Å². The Morgan fingerprint density at radius 2 is 2.32 bits per heavy atom. The lowest BCUT2D eigenvalue weighted by molar-refractivity contribution is -0.671. The van der Waals surface area contributed by atoms with Crippen LogP contribution in [0.5, 0.6) is 0 Å². The Labute approximate surface area is 129 Å². The first-order valence-electron chi connectivity index (χ1n) is 6.90. The topological polar surface area (TPSA) is 89.2 Å². The summed E-state index contributed by atoms with van der Waals surface area (Å²) in [6.45, 7) is 3.61. The molecule has 114 valence electrons. The molecule has 6 heteroatoms. The Hall–Kier alpha value is -2.81. The summed E-state index contributed by atoms with van der Waals surface area (Å²) < 4.78 is 12.3. The van der Waals surface area contributed by atoms with Gasteiger partial charge in [-0.2, -0.15) is 5.26 Å². The molecule has 1 aromatic heterocycles. The Balaban J connectivity index is 2.62. The van der Waals surface area contributed by atoms with Crippen LogP contribution in [0.1, 0.15) is 25.3 Å². The molecule has 1 aromatic rings. The minimum atomic E-state index is -0.592. The summed E-state index contributed by atoms with van der Waals surface area (Å²) in [5.41, 5.74) is 7.11. The van der Waals surface area contributed by atoms with Gasteiger partial charge in [0.05, 0.1) is 18.1 Å². The molecule has 0 radical (unpaired) electrons. The average Bonchev–Trinajstić information content (AvgIpc) is 2.46. The number of hydrogen-bond donors (Lipinski definition) is 1. The average molecular weight is 300 g/mol. The van der Waals surface area contributed by atoms with Crippen molar-refractivity contribution >= 4 is 5.97 Å². The van der Waals surface area contributed by atoms with Crippen LogP contribution in [-0.4, -0.2) is 12.6 Å². The van der Waals surface area contributed by atoms with E-state index < -0.39 is 11.9 Å². The van der Waals surface area contributed by atoms with Crippen molar-refractivity contribution in [2.75, 3.05) is 6.61 Å². The summed E-state index contributed by atoms with van der Waals surface area (Å²) in [5, 5.41) is 9.43. The van der Waals surface area contributed by atoms with E-state index in [2.05, 4.69) is 0 Å². The van der Waals surface area contributed by atoms with Gasteiger partial charge < -0.3 is 15.2 Å². The Kier molecular flexibility index (Phi) is 4.47. The normalized spacial score (nSPS) is 17.8. The van der Waals surface area contributed by atoms with Crippen LogP contribution in [0.15, 0.2) is 47.3 Å². The molecule has 0 fully saturated rings. The molecule has 0 aromatic carbocycles. The zero-order valence-corrected chi connectivity index (χ0v) is 12.8. The third-order valence-electron chi connectivity index (χ3n) is 3.40. The molecule has 1 atom stereocenters. The largest absolute Gasteiger partial charge is 0.463 e. The van der Waals surface area contributed by atoms with Crippen molar-refractivity contribution in [3.05, 3.63) is 52.9 Å². The maximum absolute atomic E-state index is 12.3. The first-order chi connectivity index (χ1) is 10.5. The van der Waals surface area contributed by atoms with Gasteiger partial charge >= 0.3 is 5.97 Å². The second-order valence-corrected chi connectivity index (χ2v) is 4.92. The number of ether oxygens (including phenoxy) is 2. The highest BCUT2D eigenvalue weighted by atomic mass is 16.5. The van der Waals surface area contributed by atoms with Crippen LogP contribution in [0.25, 0.3) is 0 Å². The van der Waals surface area contributed by atoms with Crippen LogP contribution in [0, 0.1) is 11.3 Å². The third-order valence-corrected chi connectivity index (χ3v) is 3.40. The predicted octanol–water partition coefficient (Wildman–Crippen LogP) is 1.16. The fourth-order valence-corrected chi connectivity index (χ4v) is 2.47. The zero-order valence-electron chi connectivity index (χ0n) is 12.8. The van der Waals surface area contributed by atoms with Crippen molar-refractivity contribution in [3.63, 3.8) is 0 Å². The number of carbonyl (C=O) groups excluding carboxylic acids is 1. The summed E-state index contributed by atoms with van der Waals surface area (Å²) in [6.07, 6.45) is 3.70. The minimum Gasteiger partial charge on any atom is -0.463 e. The van der Waals surface area contributed by atoms with Crippen molar-refractivity contribution in [1.29, 1.82) is 5.26 Å². The van der Waals surface area contributed by atoms with Crippen molar-refractivity contribution in [2.45, 2.75) is 19.8 Å². The number of aryl methyl sites for hydroxylation is 1. The summed E-state index contributed by atoms with van der Waals surface area (Å²) >= 11 is 0. The van der Waals surface area contributed by atoms with Crippen LogP contribution >= 0.6 is 0 Å². The molecule has 0 saturated carbocycles. The fourth-order valence-electron chi connectivity index (χ4n) is 2.47. The number of carbonyl (C=O) groups is 1. The van der Waals surface area contributed by atoms with Gasteiger partial charge in [-0.05, 0) is 19.9 Å². The minimum absolute atomic E-state index is 0.0181. The summed E-state index contributed by atoms with van der Waals surface area (Å²) in [6, 6.07) is 5.73. The zero-order chi connectivity index (χ0) is 16.3. The van der Waals surface area contributed by atoms with Crippen LogP contribution in [0.4, 0.5) is 0 Å². The summed E-state index contributed by atoms with van der Waals surface area (Å²) in [5.74, 6) is -0.724. The van der Waals surface area contributed by atoms with Crippen molar-refractivity contribution < 1.29 is 18.8 Å². The van der Waals surface area contributed by atoms with E-state index >= 15 is 0 Å². The van der Waals surface area contributed by atoms with Gasteiger partial charge in [0.1, 0.15) is 24.4 Å². The van der Waals surface area contributed by atoms with E-state index in [0.717, 1.165) is 5.56 Å². The second-order valence-electron chi connectivity index (χ2n) is 4.92. The highest BCUT2D eigenvalue weighted by molar-refractivity contribution is 5.92. The van der Waals surface area contributed by atoms with Crippen molar-refractivity contribution in [1.82, 2.24) is 0 Å². The Bertz CT molecular complexity index is 714. The molecule has 2 heterocycles. The first-order valence-corrected chi connectivity index (χ1v) is 6.90. The molecule has 0 amide bonds. The number of nitrogens with two attached hydrogens (primary N) is 1. The van der Waals surface area contributed by atoms with Gasteiger partial charge in [0, 0.05) is 11.6 Å². The first kappa shape index (κ1) is 15.6. The van der Waals surface area contributed by atoms with Gasteiger partial charge in [-0.3, -0.25) is 0 Å². The molecular formula is C16H18N3O3+. The van der Waals surface area contributed by atoms with Gasteiger partial charge in [0.15, 0.2) is 12.4 Å². The van der Waals surface area contributed by atoms with Gasteiger partial charge in [-0.15, -0.1) is 0 Å². The molecule has 22 heavy (non-hydrogen) atoms. The third kappa shape index (κ3) is 2.79. The van der Waals surface area contributed by atoms with Crippen LogP contribution in [0.2, 0.25) is 0 Å². The van der Waals surface area contributed by atoms with E-state index in [4.69, 9.17) is 15.2 Å². The maximum atomic E-state index is 12.3. The lowest BCUT2D eigenvalue weighted by Crippen LogP contribution is -2.30. The molecule has 2 N–H and O–H groups in total. The number of nitriles is 1. The molecule has 1 aliphatic rings. The lowest BCUT2D eigenvalue weighted by atomic mass is 9.84. The monoisotopic (exact) mass is 300 g/mol. The maximum Gasteiger partial charge on any atom is 0.338 e. The molecule has 2 rings (SSSR count). The number of rotatable bonds is 3. The van der Waals surface area contributed by atoms with Gasteiger partial charge in [-0.1, -0.05) is 0 Å². The van der Waals surface area contributed by atoms with Crippen LogP contribution in [0.3, 0.4) is 0 Å². The molecule has 0 saturated heterocycles. The molecule has 0 spiro atoms. The van der Waals surface area contributed by atoms with E-state index in [1.165, 1.54) is 0 Å². The Morgan fingerprint density at radius 1 is 1.59 bits per heavy atom. The van der Waals surface area contributed by atoms with E-state index in [0.29, 0.717) is 11.3 Å². The lowest BCUT2D eigenvalue weighted by Gasteiger charge is -2.26. The number of allylic oxidation sites excluding steroid dienone is 2. The van der Waals surface area contributed by atoms with E-state index in [9.17, 15) is 10.1 Å². The number of esters is 1. The van der Waals surface area contributed by atoms with Gasteiger partial charge in [0.25, 0.3) is 0 Å².